The molecule has 1 aromatic heterocycles. The maximum Gasteiger partial charge on any atom is 0.316 e. The van der Waals surface area contributed by atoms with Gasteiger partial charge in [0.15, 0.2) is 0 Å². The van der Waals surface area contributed by atoms with E-state index < -0.39 is 11.3 Å². The van der Waals surface area contributed by atoms with Crippen molar-refractivity contribution in [1.29, 1.82) is 0 Å². The van der Waals surface area contributed by atoms with Crippen LogP contribution >= 0.6 is 11.6 Å². The molecule has 2 aromatic rings. The highest BCUT2D eigenvalue weighted by atomic mass is 35.5. The van der Waals surface area contributed by atoms with Crippen molar-refractivity contribution >= 4 is 28.6 Å². The van der Waals surface area contributed by atoms with Crippen LogP contribution in [0.5, 0.6) is 5.75 Å². The molecule has 0 bridgehead atoms. The zero-order chi connectivity index (χ0) is 20.4. The van der Waals surface area contributed by atoms with Crippen LogP contribution in [0.3, 0.4) is 0 Å². The molecule has 1 aromatic carbocycles. The van der Waals surface area contributed by atoms with E-state index in [4.69, 9.17) is 16.3 Å². The summed E-state index contributed by atoms with van der Waals surface area (Å²) in [6.07, 6.45) is 5.66. The van der Waals surface area contributed by atoms with Gasteiger partial charge < -0.3 is 14.2 Å². The first-order valence-corrected chi connectivity index (χ1v) is 11.2. The molecule has 4 rings (SSSR count). The number of nitrogens with one attached hydrogen (secondary N) is 1. The van der Waals surface area contributed by atoms with Gasteiger partial charge in [0.05, 0.1) is 31.1 Å². The first-order valence-electron chi connectivity index (χ1n) is 9.77. The smallest absolute Gasteiger partial charge is 0.316 e. The molecule has 1 saturated heterocycles. The largest absolute Gasteiger partial charge is 0.724 e. The summed E-state index contributed by atoms with van der Waals surface area (Å²) in [5.41, 5.74) is 0.857. The van der Waals surface area contributed by atoms with Crippen molar-refractivity contribution in [2.45, 2.75) is 31.8 Å². The van der Waals surface area contributed by atoms with Crippen LogP contribution in [-0.2, 0) is 11.3 Å². The van der Waals surface area contributed by atoms with Crippen LogP contribution in [0.15, 0.2) is 35.3 Å². The second kappa shape index (κ2) is 8.83. The SMILES string of the molecule is O=c1c(OC2CCCC2)c(N2CC[NH+](S(=O)[O-])CC2)cnn1-c1cccc(Cl)c1. The van der Waals surface area contributed by atoms with E-state index in [1.165, 1.54) is 4.68 Å². The number of nitrogens with zero attached hydrogens (tertiary/aromatic N) is 3. The molecule has 2 fully saturated rings. The Kier molecular flexibility index (Phi) is 6.19. The Morgan fingerprint density at radius 2 is 1.97 bits per heavy atom. The summed E-state index contributed by atoms with van der Waals surface area (Å²) in [6, 6.07) is 6.95. The second-order valence-corrected chi connectivity index (χ2v) is 8.82. The van der Waals surface area contributed by atoms with Gasteiger partial charge in [-0.3, -0.25) is 9.10 Å². The van der Waals surface area contributed by atoms with Crippen molar-refractivity contribution in [3.05, 3.63) is 45.8 Å². The summed E-state index contributed by atoms with van der Waals surface area (Å²) >= 11 is 3.93. The monoisotopic (exact) mass is 438 g/mol. The summed E-state index contributed by atoms with van der Waals surface area (Å²) in [5.74, 6) is 0.276. The number of hydrogen-bond donors (Lipinski definition) is 1. The van der Waals surface area contributed by atoms with Gasteiger partial charge in [-0.2, -0.15) is 9.78 Å². The first-order chi connectivity index (χ1) is 14.0. The molecule has 29 heavy (non-hydrogen) atoms. The predicted octanol–water partition coefficient (Wildman–Crippen LogP) is 0.706. The average molecular weight is 439 g/mol. The fourth-order valence-electron chi connectivity index (χ4n) is 3.89. The molecule has 1 N–H and O–H groups in total. The Morgan fingerprint density at radius 3 is 2.62 bits per heavy atom. The van der Waals surface area contributed by atoms with Crippen LogP contribution in [0.25, 0.3) is 5.69 Å². The molecular weight excluding hydrogens is 416 g/mol. The molecule has 2 aliphatic rings. The van der Waals surface area contributed by atoms with Crippen LogP contribution in [-0.4, -0.2) is 50.8 Å². The first kappa shape index (κ1) is 20.3. The molecule has 156 valence electrons. The van der Waals surface area contributed by atoms with Gasteiger partial charge in [-0.05, 0) is 43.9 Å². The molecule has 2 heterocycles. The molecule has 0 spiro atoms. The van der Waals surface area contributed by atoms with Gasteiger partial charge in [0.2, 0.25) is 5.75 Å². The maximum atomic E-state index is 13.3. The number of quaternary nitrogens is 1. The third-order valence-electron chi connectivity index (χ3n) is 5.45. The van der Waals surface area contributed by atoms with Crippen molar-refractivity contribution in [2.75, 3.05) is 31.1 Å². The summed E-state index contributed by atoms with van der Waals surface area (Å²) in [4.78, 5) is 15.3. The Morgan fingerprint density at radius 1 is 1.24 bits per heavy atom. The van der Waals surface area contributed by atoms with Crippen LogP contribution in [0.4, 0.5) is 5.69 Å². The lowest BCUT2D eigenvalue weighted by atomic mass is 10.2. The number of benzene rings is 1. The third kappa shape index (κ3) is 4.48. The highest BCUT2D eigenvalue weighted by Gasteiger charge is 2.28. The molecule has 0 radical (unpaired) electrons. The van der Waals surface area contributed by atoms with E-state index in [-0.39, 0.29) is 17.4 Å². The quantitative estimate of drug-likeness (QED) is 0.691. The van der Waals surface area contributed by atoms with Crippen LogP contribution in [0, 0.1) is 0 Å². The Labute approximate surface area is 176 Å². The minimum Gasteiger partial charge on any atom is -0.724 e. The lowest BCUT2D eigenvalue weighted by Gasteiger charge is -2.34. The number of halogens is 1. The fraction of sp³-hybridized carbons (Fsp3) is 0.474. The normalized spacial score (nSPS) is 19.4. The van der Waals surface area contributed by atoms with E-state index in [0.717, 1.165) is 25.7 Å². The number of ether oxygens (including phenoxy) is 1. The van der Waals surface area contributed by atoms with Gasteiger partial charge in [-0.1, -0.05) is 17.7 Å². The molecule has 1 atom stereocenters. The van der Waals surface area contributed by atoms with Crippen molar-refractivity contribution in [3.8, 4) is 11.4 Å². The predicted molar refractivity (Wildman–Crippen MR) is 110 cm³/mol. The Bertz CT molecular complexity index is 955. The fourth-order valence-corrected chi connectivity index (χ4v) is 4.59. The van der Waals surface area contributed by atoms with Crippen molar-refractivity contribution in [2.24, 2.45) is 0 Å². The van der Waals surface area contributed by atoms with E-state index in [2.05, 4.69) is 5.10 Å². The van der Waals surface area contributed by atoms with Crippen LogP contribution < -0.4 is 19.5 Å². The van der Waals surface area contributed by atoms with Gasteiger partial charge in [-0.15, -0.1) is 0 Å². The summed E-state index contributed by atoms with van der Waals surface area (Å²) in [5, 5.41) is 4.87. The number of rotatable bonds is 5. The maximum absolute atomic E-state index is 13.3. The number of aromatic nitrogens is 2. The molecule has 1 aliphatic carbocycles. The molecular formula is C19H23ClN4O4S. The van der Waals surface area contributed by atoms with Gasteiger partial charge in [0.1, 0.15) is 30.0 Å². The topological polar surface area (TPSA) is 91.9 Å². The zero-order valence-corrected chi connectivity index (χ0v) is 17.5. The van der Waals surface area contributed by atoms with E-state index in [1.807, 2.05) is 4.90 Å². The molecule has 1 aliphatic heterocycles. The van der Waals surface area contributed by atoms with Crippen molar-refractivity contribution in [1.82, 2.24) is 9.78 Å². The minimum absolute atomic E-state index is 0.0118. The lowest BCUT2D eigenvalue weighted by Crippen LogP contribution is -3.14. The highest BCUT2D eigenvalue weighted by Crippen LogP contribution is 2.29. The molecule has 10 heteroatoms. The van der Waals surface area contributed by atoms with Gasteiger partial charge in [0, 0.05) is 5.02 Å². The van der Waals surface area contributed by atoms with Gasteiger partial charge in [-0.25, -0.2) is 4.21 Å². The van der Waals surface area contributed by atoms with Crippen LogP contribution in [0.1, 0.15) is 25.7 Å². The lowest BCUT2D eigenvalue weighted by molar-refractivity contribution is -0.768. The zero-order valence-electron chi connectivity index (χ0n) is 15.9. The minimum atomic E-state index is -2.15. The number of anilines is 1. The molecule has 1 unspecified atom stereocenters. The summed E-state index contributed by atoms with van der Waals surface area (Å²) in [6.45, 7) is 1.89. The number of piperazine rings is 1. The summed E-state index contributed by atoms with van der Waals surface area (Å²) < 4.78 is 30.4. The Hall–Kier alpha value is -1.94. The van der Waals surface area contributed by atoms with Gasteiger partial charge in [0.25, 0.3) is 0 Å². The van der Waals surface area contributed by atoms with E-state index in [1.54, 1.807) is 30.5 Å². The number of hydrogen-bond acceptors (Lipinski definition) is 6. The average Bonchev–Trinajstić information content (AvgIpc) is 3.23. The van der Waals surface area contributed by atoms with Crippen LogP contribution in [0.2, 0.25) is 5.02 Å². The third-order valence-corrected chi connectivity index (χ3v) is 6.57. The molecule has 0 amide bonds. The highest BCUT2D eigenvalue weighted by molar-refractivity contribution is 7.72. The molecule has 1 saturated carbocycles. The standard InChI is InChI=1S/C19H23ClN4O4S/c20-14-4-3-5-15(12-14)24-19(25)18(28-16-6-1-2-7-16)17(13-21-24)22-8-10-23(11-9-22)29(26)27/h3-5,12-13,16H,1-2,6-11H2,(H,26,27). The van der Waals surface area contributed by atoms with Crippen molar-refractivity contribution in [3.63, 3.8) is 0 Å². The summed E-state index contributed by atoms with van der Waals surface area (Å²) in [7, 11) is 0. The molecule has 8 nitrogen and oxygen atoms in total. The van der Waals surface area contributed by atoms with Crippen molar-refractivity contribution < 1.29 is 17.8 Å². The van der Waals surface area contributed by atoms with Gasteiger partial charge >= 0.3 is 5.56 Å². The van der Waals surface area contributed by atoms with E-state index in [9.17, 15) is 13.6 Å². The van der Waals surface area contributed by atoms with E-state index >= 15 is 0 Å². The van der Waals surface area contributed by atoms with E-state index in [0.29, 0.717) is 46.9 Å². The Balaban J connectivity index is 1.70. The second-order valence-electron chi connectivity index (χ2n) is 7.34.